The molecule has 0 heterocycles. The Hall–Kier alpha value is -1.66. The van der Waals surface area contributed by atoms with Crippen molar-refractivity contribution in [3.63, 3.8) is 0 Å². The summed E-state index contributed by atoms with van der Waals surface area (Å²) >= 11 is 0. The van der Waals surface area contributed by atoms with Crippen LogP contribution in [0.2, 0.25) is 0 Å². The van der Waals surface area contributed by atoms with Crippen LogP contribution in [0.1, 0.15) is 32.1 Å². The molecule has 0 aliphatic heterocycles. The van der Waals surface area contributed by atoms with Crippen LogP contribution in [-0.2, 0) is 9.59 Å². The molecule has 0 aromatic heterocycles. The fourth-order valence-corrected chi connectivity index (χ4v) is 1.99. The molecule has 2 N–H and O–H groups in total. The molecular weight excluding hydrogens is 228 g/mol. The van der Waals surface area contributed by atoms with Crippen LogP contribution in [0.25, 0.3) is 0 Å². The Morgan fingerprint density at radius 2 is 1.88 bits per heavy atom. The molecule has 0 aromatic carbocycles. The van der Waals surface area contributed by atoms with Crippen molar-refractivity contribution in [2.24, 2.45) is 5.92 Å². The standard InChI is InChI=1S/C10H16N2O5/c13-9(14)5-6-11-10(15)7-1-3-8(4-2-7)12(16)17/h7-8H,1-6H2,(H,11,15)(H,13,14). The van der Waals surface area contributed by atoms with Gasteiger partial charge in [-0.3, -0.25) is 19.7 Å². The van der Waals surface area contributed by atoms with Crippen LogP contribution in [0, 0.1) is 16.0 Å². The number of carboxylic acid groups (broad SMARTS) is 1. The third kappa shape index (κ3) is 4.38. The highest BCUT2D eigenvalue weighted by Gasteiger charge is 2.31. The van der Waals surface area contributed by atoms with E-state index in [2.05, 4.69) is 5.32 Å². The molecule has 1 saturated carbocycles. The summed E-state index contributed by atoms with van der Waals surface area (Å²) in [7, 11) is 0. The number of carbonyl (C=O) groups is 2. The van der Waals surface area contributed by atoms with Gasteiger partial charge in [0.25, 0.3) is 0 Å². The quantitative estimate of drug-likeness (QED) is 0.537. The van der Waals surface area contributed by atoms with Crippen molar-refractivity contribution in [1.82, 2.24) is 5.32 Å². The topological polar surface area (TPSA) is 110 Å². The van der Waals surface area contributed by atoms with Crippen molar-refractivity contribution in [2.45, 2.75) is 38.1 Å². The minimum atomic E-state index is -0.956. The van der Waals surface area contributed by atoms with Crippen molar-refractivity contribution in [3.8, 4) is 0 Å². The number of amides is 1. The van der Waals surface area contributed by atoms with Crippen molar-refractivity contribution in [2.75, 3.05) is 6.54 Å². The van der Waals surface area contributed by atoms with E-state index < -0.39 is 12.0 Å². The average Bonchev–Trinajstić information content (AvgIpc) is 2.28. The van der Waals surface area contributed by atoms with Gasteiger partial charge in [0.05, 0.1) is 6.42 Å². The van der Waals surface area contributed by atoms with Gasteiger partial charge < -0.3 is 10.4 Å². The molecule has 0 radical (unpaired) electrons. The van der Waals surface area contributed by atoms with E-state index in [0.717, 1.165) is 0 Å². The SMILES string of the molecule is O=C(O)CCNC(=O)C1CCC([N+](=O)[O-])CC1. The number of nitro groups is 1. The third-order valence-electron chi connectivity index (χ3n) is 3.00. The Kier molecular flexibility index (Phi) is 4.86. The van der Waals surface area contributed by atoms with Gasteiger partial charge >= 0.3 is 5.97 Å². The summed E-state index contributed by atoms with van der Waals surface area (Å²) in [6, 6.07) is -0.530. The summed E-state index contributed by atoms with van der Waals surface area (Å²) in [5.41, 5.74) is 0. The molecule has 0 atom stereocenters. The second-order valence-corrected chi connectivity index (χ2v) is 4.23. The first-order valence-electron chi connectivity index (χ1n) is 5.63. The lowest BCUT2D eigenvalue weighted by Crippen LogP contribution is -2.36. The number of rotatable bonds is 5. The van der Waals surface area contributed by atoms with E-state index in [-0.39, 0.29) is 29.7 Å². The molecule has 7 nitrogen and oxygen atoms in total. The van der Waals surface area contributed by atoms with Gasteiger partial charge in [0.1, 0.15) is 0 Å². The number of hydrogen-bond acceptors (Lipinski definition) is 4. The summed E-state index contributed by atoms with van der Waals surface area (Å²) in [6.07, 6.45) is 1.75. The van der Waals surface area contributed by atoms with Crippen molar-refractivity contribution < 1.29 is 19.6 Å². The molecule has 7 heteroatoms. The van der Waals surface area contributed by atoms with Crippen LogP contribution in [-0.4, -0.2) is 34.5 Å². The normalized spacial score (nSPS) is 24.0. The molecule has 1 aliphatic carbocycles. The maximum absolute atomic E-state index is 11.6. The predicted octanol–water partition coefficient (Wildman–Crippen LogP) is 0.413. The van der Waals surface area contributed by atoms with E-state index in [1.165, 1.54) is 0 Å². The highest BCUT2D eigenvalue weighted by Crippen LogP contribution is 2.25. The van der Waals surface area contributed by atoms with Crippen LogP contribution in [0.3, 0.4) is 0 Å². The van der Waals surface area contributed by atoms with Gasteiger partial charge in [-0.05, 0) is 12.8 Å². The smallest absolute Gasteiger partial charge is 0.305 e. The van der Waals surface area contributed by atoms with Crippen molar-refractivity contribution >= 4 is 11.9 Å². The Morgan fingerprint density at radius 3 is 2.35 bits per heavy atom. The van der Waals surface area contributed by atoms with Crippen LogP contribution < -0.4 is 5.32 Å². The molecule has 1 fully saturated rings. The van der Waals surface area contributed by atoms with Crippen LogP contribution in [0.15, 0.2) is 0 Å². The van der Waals surface area contributed by atoms with E-state index in [0.29, 0.717) is 25.7 Å². The minimum Gasteiger partial charge on any atom is -0.481 e. The lowest BCUT2D eigenvalue weighted by molar-refractivity contribution is -0.526. The monoisotopic (exact) mass is 244 g/mol. The van der Waals surface area contributed by atoms with Gasteiger partial charge in [0.2, 0.25) is 11.9 Å². The van der Waals surface area contributed by atoms with Gasteiger partial charge in [-0.15, -0.1) is 0 Å². The second-order valence-electron chi connectivity index (χ2n) is 4.23. The Labute approximate surface area is 98.3 Å². The number of nitrogens with one attached hydrogen (secondary N) is 1. The molecule has 0 unspecified atom stereocenters. The summed E-state index contributed by atoms with van der Waals surface area (Å²) in [4.78, 5) is 32.1. The predicted molar refractivity (Wildman–Crippen MR) is 58.0 cm³/mol. The summed E-state index contributed by atoms with van der Waals surface area (Å²) in [5, 5.41) is 21.5. The average molecular weight is 244 g/mol. The first-order chi connectivity index (χ1) is 8.00. The van der Waals surface area contributed by atoms with Gasteiger partial charge in [-0.25, -0.2) is 0 Å². The number of nitrogens with zero attached hydrogens (tertiary/aromatic N) is 1. The van der Waals surface area contributed by atoms with Gasteiger partial charge in [0, 0.05) is 30.2 Å². The summed E-state index contributed by atoms with van der Waals surface area (Å²) in [5.74, 6) is -1.35. The molecule has 0 spiro atoms. The minimum absolute atomic E-state index is 0.101. The van der Waals surface area contributed by atoms with E-state index in [4.69, 9.17) is 5.11 Å². The molecular formula is C10H16N2O5. The van der Waals surface area contributed by atoms with Crippen LogP contribution >= 0.6 is 0 Å². The molecule has 0 saturated heterocycles. The molecule has 0 aromatic rings. The number of carboxylic acids is 1. The summed E-state index contributed by atoms with van der Waals surface area (Å²) in [6.45, 7) is 0.114. The fourth-order valence-electron chi connectivity index (χ4n) is 1.99. The molecule has 0 bridgehead atoms. The molecule has 17 heavy (non-hydrogen) atoms. The highest BCUT2D eigenvalue weighted by molar-refractivity contribution is 5.79. The second kappa shape index (κ2) is 6.17. The Bertz CT molecular complexity index is 310. The van der Waals surface area contributed by atoms with Gasteiger partial charge in [-0.2, -0.15) is 0 Å². The van der Waals surface area contributed by atoms with Crippen molar-refractivity contribution in [3.05, 3.63) is 10.1 Å². The highest BCUT2D eigenvalue weighted by atomic mass is 16.6. The molecule has 1 rings (SSSR count). The Morgan fingerprint density at radius 1 is 1.29 bits per heavy atom. The fraction of sp³-hybridized carbons (Fsp3) is 0.800. The molecule has 1 aliphatic rings. The Balaban J connectivity index is 2.26. The largest absolute Gasteiger partial charge is 0.481 e. The molecule has 1 amide bonds. The third-order valence-corrected chi connectivity index (χ3v) is 3.00. The number of hydrogen-bond donors (Lipinski definition) is 2. The first-order valence-corrected chi connectivity index (χ1v) is 5.63. The van der Waals surface area contributed by atoms with Gasteiger partial charge in [-0.1, -0.05) is 0 Å². The van der Waals surface area contributed by atoms with Crippen LogP contribution in [0.5, 0.6) is 0 Å². The lowest BCUT2D eigenvalue weighted by atomic mass is 9.86. The number of aliphatic carboxylic acids is 1. The van der Waals surface area contributed by atoms with E-state index in [9.17, 15) is 19.7 Å². The lowest BCUT2D eigenvalue weighted by Gasteiger charge is -2.22. The van der Waals surface area contributed by atoms with Crippen molar-refractivity contribution in [1.29, 1.82) is 0 Å². The van der Waals surface area contributed by atoms with Gasteiger partial charge in [0.15, 0.2) is 0 Å². The zero-order chi connectivity index (χ0) is 12.8. The van der Waals surface area contributed by atoms with E-state index in [1.807, 2.05) is 0 Å². The van der Waals surface area contributed by atoms with Crippen LogP contribution in [0.4, 0.5) is 0 Å². The zero-order valence-corrected chi connectivity index (χ0v) is 9.42. The first kappa shape index (κ1) is 13.4. The maximum atomic E-state index is 11.6. The number of carbonyl (C=O) groups excluding carboxylic acids is 1. The maximum Gasteiger partial charge on any atom is 0.305 e. The summed E-state index contributed by atoms with van der Waals surface area (Å²) < 4.78 is 0. The zero-order valence-electron chi connectivity index (χ0n) is 9.42. The van der Waals surface area contributed by atoms with E-state index in [1.54, 1.807) is 0 Å². The molecule has 96 valence electrons. The van der Waals surface area contributed by atoms with E-state index >= 15 is 0 Å².